The van der Waals surface area contributed by atoms with Crippen molar-refractivity contribution < 1.29 is 9.53 Å². The first-order valence-electron chi connectivity index (χ1n) is 8.94. The van der Waals surface area contributed by atoms with Crippen LogP contribution in [0, 0.1) is 0 Å². The average Bonchev–Trinajstić information content (AvgIpc) is 2.66. The van der Waals surface area contributed by atoms with E-state index >= 15 is 0 Å². The Kier molecular flexibility index (Phi) is 13.8. The fourth-order valence-electron chi connectivity index (χ4n) is 1.78. The SMILES string of the molecule is C=C(CC)C(=O)OCCCCCC.C=CC(=C)C=Cc1ccccc1. The van der Waals surface area contributed by atoms with Gasteiger partial charge in [0.05, 0.1) is 6.61 Å². The second-order valence-corrected chi connectivity index (χ2v) is 5.68. The first-order valence-corrected chi connectivity index (χ1v) is 8.94. The van der Waals surface area contributed by atoms with Gasteiger partial charge in [0.1, 0.15) is 0 Å². The summed E-state index contributed by atoms with van der Waals surface area (Å²) in [6.07, 6.45) is 10.9. The van der Waals surface area contributed by atoms with E-state index < -0.39 is 0 Å². The van der Waals surface area contributed by atoms with E-state index in [4.69, 9.17) is 4.74 Å². The van der Waals surface area contributed by atoms with Crippen molar-refractivity contribution in [2.24, 2.45) is 0 Å². The molecule has 25 heavy (non-hydrogen) atoms. The number of unbranched alkanes of at least 4 members (excludes halogenated alkanes) is 3. The van der Waals surface area contributed by atoms with Crippen molar-refractivity contribution in [2.45, 2.75) is 46.0 Å². The summed E-state index contributed by atoms with van der Waals surface area (Å²) < 4.78 is 5.00. The molecular weight excluding hydrogens is 308 g/mol. The predicted octanol–water partition coefficient (Wildman–Crippen LogP) is 6.52. The van der Waals surface area contributed by atoms with E-state index in [2.05, 4.69) is 26.7 Å². The number of esters is 1. The molecule has 1 rings (SSSR count). The first-order chi connectivity index (χ1) is 12.0. The van der Waals surface area contributed by atoms with Crippen molar-refractivity contribution in [2.75, 3.05) is 6.61 Å². The third kappa shape index (κ3) is 12.7. The number of ether oxygens (including phenoxy) is 1. The molecule has 2 heteroatoms. The van der Waals surface area contributed by atoms with Gasteiger partial charge in [-0.1, -0.05) is 101 Å². The quantitative estimate of drug-likeness (QED) is 0.210. The van der Waals surface area contributed by atoms with Gasteiger partial charge in [0.2, 0.25) is 0 Å². The monoisotopic (exact) mass is 340 g/mol. The van der Waals surface area contributed by atoms with E-state index in [0.29, 0.717) is 18.6 Å². The molecule has 0 amide bonds. The van der Waals surface area contributed by atoms with Crippen LogP contribution in [0.5, 0.6) is 0 Å². The van der Waals surface area contributed by atoms with Crippen LogP contribution < -0.4 is 0 Å². The highest BCUT2D eigenvalue weighted by atomic mass is 16.5. The average molecular weight is 341 g/mol. The van der Waals surface area contributed by atoms with Crippen LogP contribution in [0.25, 0.3) is 6.08 Å². The van der Waals surface area contributed by atoms with E-state index in [9.17, 15) is 4.79 Å². The summed E-state index contributed by atoms with van der Waals surface area (Å²) in [5, 5.41) is 0. The van der Waals surface area contributed by atoms with E-state index in [1.54, 1.807) is 6.08 Å². The molecule has 2 nitrogen and oxygen atoms in total. The maximum atomic E-state index is 11.1. The summed E-state index contributed by atoms with van der Waals surface area (Å²) in [7, 11) is 0. The largest absolute Gasteiger partial charge is 0.462 e. The number of rotatable bonds is 10. The number of carbonyl (C=O) groups excluding carboxylic acids is 1. The third-order valence-electron chi connectivity index (χ3n) is 3.50. The highest BCUT2D eigenvalue weighted by molar-refractivity contribution is 5.87. The molecule has 136 valence electrons. The summed E-state index contributed by atoms with van der Waals surface area (Å²) in [6, 6.07) is 10.1. The molecule has 0 radical (unpaired) electrons. The van der Waals surface area contributed by atoms with Crippen LogP contribution in [0.1, 0.15) is 51.5 Å². The molecule has 0 bridgehead atoms. The highest BCUT2D eigenvalue weighted by Crippen LogP contribution is 2.04. The van der Waals surface area contributed by atoms with Crippen molar-refractivity contribution in [3.63, 3.8) is 0 Å². The van der Waals surface area contributed by atoms with Gasteiger partial charge < -0.3 is 4.74 Å². The minimum Gasteiger partial charge on any atom is -0.462 e. The Bertz CT molecular complexity index is 553. The second kappa shape index (κ2) is 15.2. The summed E-state index contributed by atoms with van der Waals surface area (Å²) in [4.78, 5) is 11.1. The van der Waals surface area contributed by atoms with Crippen LogP contribution in [0.3, 0.4) is 0 Å². The molecule has 1 aromatic rings. The van der Waals surface area contributed by atoms with Crippen LogP contribution in [-0.2, 0) is 9.53 Å². The van der Waals surface area contributed by atoms with E-state index in [-0.39, 0.29) is 5.97 Å². The Morgan fingerprint density at radius 1 is 1.08 bits per heavy atom. The van der Waals surface area contributed by atoms with Gasteiger partial charge in [-0.3, -0.25) is 0 Å². The van der Waals surface area contributed by atoms with Crippen molar-refractivity contribution >= 4 is 12.0 Å². The predicted molar refractivity (Wildman–Crippen MR) is 109 cm³/mol. The standard InChI is InChI=1S/C12H12.C11H20O2/c1-3-11(2)9-10-12-7-5-4-6-8-12;1-4-6-7-8-9-13-11(12)10(3)5-2/h3-10H,1-2H2;3-9H2,1-2H3. The lowest BCUT2D eigenvalue weighted by Crippen LogP contribution is -2.07. The topological polar surface area (TPSA) is 26.3 Å². The van der Waals surface area contributed by atoms with E-state index in [1.807, 2.05) is 49.4 Å². The van der Waals surface area contributed by atoms with Crippen LogP contribution in [0.2, 0.25) is 0 Å². The molecule has 0 aliphatic heterocycles. The third-order valence-corrected chi connectivity index (χ3v) is 3.50. The fourth-order valence-corrected chi connectivity index (χ4v) is 1.78. The van der Waals surface area contributed by atoms with Gasteiger partial charge in [-0.2, -0.15) is 0 Å². The summed E-state index contributed by atoms with van der Waals surface area (Å²) in [5.74, 6) is -0.237. The molecule has 0 N–H and O–H groups in total. The lowest BCUT2D eigenvalue weighted by atomic mass is 10.2. The summed E-state index contributed by atoms with van der Waals surface area (Å²) >= 11 is 0. The second-order valence-electron chi connectivity index (χ2n) is 5.68. The van der Waals surface area contributed by atoms with Gasteiger partial charge in [-0.15, -0.1) is 0 Å². The molecule has 0 atom stereocenters. The van der Waals surface area contributed by atoms with Crippen molar-refractivity contribution in [1.82, 2.24) is 0 Å². The van der Waals surface area contributed by atoms with Crippen molar-refractivity contribution in [3.05, 3.63) is 78.9 Å². The van der Waals surface area contributed by atoms with Crippen molar-refractivity contribution in [3.8, 4) is 0 Å². The molecule has 0 fully saturated rings. The Balaban J connectivity index is 0.000000462. The summed E-state index contributed by atoms with van der Waals surface area (Å²) in [5.41, 5.74) is 2.68. The minimum absolute atomic E-state index is 0.237. The Morgan fingerprint density at radius 3 is 2.32 bits per heavy atom. The van der Waals surface area contributed by atoms with Gasteiger partial charge >= 0.3 is 5.97 Å². The molecule has 0 aliphatic rings. The van der Waals surface area contributed by atoms with Crippen molar-refractivity contribution in [1.29, 1.82) is 0 Å². The van der Waals surface area contributed by atoms with Crippen LogP contribution in [0.15, 0.2) is 73.4 Å². The molecule has 1 aromatic carbocycles. The zero-order valence-electron chi connectivity index (χ0n) is 15.8. The number of benzene rings is 1. The normalized spacial score (nSPS) is 9.84. The lowest BCUT2D eigenvalue weighted by molar-refractivity contribution is -0.139. The van der Waals surface area contributed by atoms with Crippen LogP contribution in [-0.4, -0.2) is 12.6 Å². The lowest BCUT2D eigenvalue weighted by Gasteiger charge is -2.04. The molecule has 0 aliphatic carbocycles. The van der Waals surface area contributed by atoms with E-state index in [1.165, 1.54) is 18.4 Å². The fraction of sp³-hybridized carbons (Fsp3) is 0.348. The molecule has 0 heterocycles. The highest BCUT2D eigenvalue weighted by Gasteiger charge is 2.04. The maximum absolute atomic E-state index is 11.1. The van der Waals surface area contributed by atoms with Crippen LogP contribution in [0.4, 0.5) is 0 Å². The number of carbonyl (C=O) groups is 1. The Hall–Kier alpha value is -2.35. The minimum atomic E-state index is -0.237. The van der Waals surface area contributed by atoms with Gasteiger partial charge in [0, 0.05) is 5.57 Å². The van der Waals surface area contributed by atoms with Crippen LogP contribution >= 0.6 is 0 Å². The smallest absolute Gasteiger partial charge is 0.333 e. The van der Waals surface area contributed by atoms with Gasteiger partial charge in [0.15, 0.2) is 0 Å². The molecule has 0 spiro atoms. The molecule has 0 unspecified atom stereocenters. The zero-order chi connectivity index (χ0) is 18.9. The molecular formula is C23H32O2. The Morgan fingerprint density at radius 2 is 1.76 bits per heavy atom. The maximum Gasteiger partial charge on any atom is 0.333 e. The number of hydrogen-bond acceptors (Lipinski definition) is 2. The van der Waals surface area contributed by atoms with Gasteiger partial charge in [-0.05, 0) is 24.0 Å². The molecule has 0 aromatic heterocycles. The molecule has 0 saturated heterocycles. The number of allylic oxidation sites excluding steroid dienone is 3. The molecule has 0 saturated carbocycles. The van der Waals surface area contributed by atoms with E-state index in [0.717, 1.165) is 18.4 Å². The number of hydrogen-bond donors (Lipinski definition) is 0. The summed E-state index contributed by atoms with van der Waals surface area (Å²) in [6.45, 7) is 15.6. The Labute approximate surface area is 153 Å². The van der Waals surface area contributed by atoms with Gasteiger partial charge in [0.25, 0.3) is 0 Å². The van der Waals surface area contributed by atoms with Gasteiger partial charge in [-0.25, -0.2) is 4.79 Å². The first kappa shape index (κ1) is 22.7. The zero-order valence-corrected chi connectivity index (χ0v) is 15.8.